The van der Waals surface area contributed by atoms with Gasteiger partial charge < -0.3 is 19.3 Å². The average molecular weight is 240 g/mol. The third-order valence-corrected chi connectivity index (χ3v) is 1.82. The van der Waals surface area contributed by atoms with Crippen LogP contribution in [0.4, 0.5) is 0 Å². The molecule has 0 saturated heterocycles. The first kappa shape index (κ1) is 13.5. The summed E-state index contributed by atoms with van der Waals surface area (Å²) in [5, 5.41) is 8.50. The molecule has 0 bridgehead atoms. The van der Waals surface area contributed by atoms with Crippen molar-refractivity contribution in [3.05, 3.63) is 24.3 Å². The number of hydrogen-bond acceptors (Lipinski definition) is 5. The number of hydrogen-bond donors (Lipinski definition) is 1. The molecule has 0 unspecified atom stereocenters. The minimum atomic E-state index is -0.391. The second-order valence-electron chi connectivity index (χ2n) is 3.22. The highest BCUT2D eigenvalue weighted by Gasteiger charge is 2.05. The van der Waals surface area contributed by atoms with Gasteiger partial charge in [0.15, 0.2) is 11.5 Å². The second-order valence-corrected chi connectivity index (χ2v) is 3.22. The van der Waals surface area contributed by atoms with E-state index in [4.69, 9.17) is 19.3 Å². The van der Waals surface area contributed by atoms with E-state index in [1.807, 2.05) is 0 Å². The Morgan fingerprint density at radius 3 is 2.53 bits per heavy atom. The molecule has 5 heteroatoms. The number of ether oxygens (including phenoxy) is 3. The summed E-state index contributed by atoms with van der Waals surface area (Å²) in [5.74, 6) is 0.495. The third-order valence-electron chi connectivity index (χ3n) is 1.82. The van der Waals surface area contributed by atoms with Crippen LogP contribution in [0.25, 0.3) is 0 Å². The molecule has 0 fully saturated rings. The lowest BCUT2D eigenvalue weighted by molar-refractivity contribution is -0.132. The number of rotatable bonds is 7. The Balaban J connectivity index is 2.43. The summed E-state index contributed by atoms with van der Waals surface area (Å²) in [5.41, 5.74) is 0. The number of benzene rings is 1. The Bertz CT molecular complexity index is 351. The zero-order valence-electron chi connectivity index (χ0n) is 9.72. The molecule has 0 saturated carbocycles. The number of carbonyl (C=O) groups is 1. The molecule has 1 N–H and O–H groups in total. The third kappa shape index (κ3) is 5.33. The minimum Gasteiger partial charge on any atom is -0.487 e. The van der Waals surface area contributed by atoms with Gasteiger partial charge in [-0.2, -0.15) is 0 Å². The molecule has 0 radical (unpaired) electrons. The Labute approximate surface area is 99.9 Å². The molecule has 0 heterocycles. The lowest BCUT2D eigenvalue weighted by Crippen LogP contribution is -2.10. The molecule has 0 aliphatic heterocycles. The summed E-state index contributed by atoms with van der Waals surface area (Å²) in [7, 11) is 0. The van der Waals surface area contributed by atoms with Crippen molar-refractivity contribution >= 4 is 5.97 Å². The number of esters is 1. The van der Waals surface area contributed by atoms with Gasteiger partial charge in [0.05, 0.1) is 19.8 Å². The van der Waals surface area contributed by atoms with Crippen molar-refractivity contribution in [2.45, 2.75) is 6.92 Å². The molecule has 0 amide bonds. The van der Waals surface area contributed by atoms with E-state index in [1.54, 1.807) is 24.3 Å². The molecule has 94 valence electrons. The van der Waals surface area contributed by atoms with Gasteiger partial charge in [0.2, 0.25) is 0 Å². The second kappa shape index (κ2) is 7.65. The zero-order valence-corrected chi connectivity index (χ0v) is 9.72. The molecular weight excluding hydrogens is 224 g/mol. The van der Waals surface area contributed by atoms with E-state index in [0.717, 1.165) is 0 Å². The van der Waals surface area contributed by atoms with Crippen LogP contribution in [0.2, 0.25) is 0 Å². The van der Waals surface area contributed by atoms with Crippen LogP contribution >= 0.6 is 0 Å². The number of aliphatic hydroxyl groups excluding tert-OH is 1. The van der Waals surface area contributed by atoms with Crippen LogP contribution in [0.15, 0.2) is 24.3 Å². The summed E-state index contributed by atoms with van der Waals surface area (Å²) in [6.45, 7) is 2.31. The maximum atomic E-state index is 10.9. The van der Waals surface area contributed by atoms with Gasteiger partial charge in [0.1, 0.15) is 6.61 Å². The van der Waals surface area contributed by atoms with E-state index in [2.05, 4.69) is 0 Å². The van der Waals surface area contributed by atoms with Crippen molar-refractivity contribution in [3.63, 3.8) is 0 Å². The van der Waals surface area contributed by atoms with E-state index in [1.165, 1.54) is 6.92 Å². The Hall–Kier alpha value is -1.59. The van der Waals surface area contributed by atoms with Crippen molar-refractivity contribution < 1.29 is 24.1 Å². The zero-order chi connectivity index (χ0) is 12.5. The van der Waals surface area contributed by atoms with Gasteiger partial charge in [0, 0.05) is 6.92 Å². The Kier molecular flexibility index (Phi) is 6.06. The maximum absolute atomic E-state index is 10.9. The van der Waals surface area contributed by atoms with Crippen LogP contribution in [0.1, 0.15) is 6.92 Å². The molecule has 1 aromatic carbocycles. The molecule has 5 nitrogen and oxygen atoms in total. The van der Waals surface area contributed by atoms with E-state index < -0.39 is 5.97 Å². The van der Waals surface area contributed by atoms with Crippen LogP contribution in [0, 0.1) is 0 Å². The first-order chi connectivity index (χ1) is 8.24. The highest BCUT2D eigenvalue weighted by Crippen LogP contribution is 2.26. The predicted molar refractivity (Wildman–Crippen MR) is 61.2 cm³/mol. The van der Waals surface area contributed by atoms with Crippen molar-refractivity contribution in [3.8, 4) is 11.5 Å². The largest absolute Gasteiger partial charge is 0.487 e. The van der Waals surface area contributed by atoms with Crippen LogP contribution < -0.4 is 9.47 Å². The first-order valence-electron chi connectivity index (χ1n) is 5.33. The summed E-state index contributed by atoms with van der Waals surface area (Å²) >= 11 is 0. The summed E-state index contributed by atoms with van der Waals surface area (Å²) in [4.78, 5) is 10.9. The Morgan fingerprint density at radius 2 is 1.88 bits per heavy atom. The lowest BCUT2D eigenvalue weighted by atomic mass is 10.3. The van der Waals surface area contributed by atoms with Gasteiger partial charge >= 0.3 is 5.97 Å². The number of aliphatic hydroxyl groups is 1. The summed E-state index contributed by atoms with van der Waals surface area (Å²) in [6, 6.07) is 6.92. The SMILES string of the molecule is CC(=O)Oc1ccccc1OCCOCCO. The average Bonchev–Trinajstić information content (AvgIpc) is 2.30. The molecule has 0 atom stereocenters. The standard InChI is InChI=1S/C12H16O5/c1-10(14)17-12-5-3-2-4-11(12)16-9-8-15-7-6-13/h2-5,13H,6-9H2,1H3. The van der Waals surface area contributed by atoms with Gasteiger partial charge in [-0.3, -0.25) is 4.79 Å². The van der Waals surface area contributed by atoms with Crippen LogP contribution in [0.5, 0.6) is 11.5 Å². The van der Waals surface area contributed by atoms with Gasteiger partial charge in [-0.15, -0.1) is 0 Å². The molecule has 0 aliphatic rings. The number of carbonyl (C=O) groups excluding carboxylic acids is 1. The van der Waals surface area contributed by atoms with Crippen LogP contribution in [-0.2, 0) is 9.53 Å². The highest BCUT2D eigenvalue weighted by atomic mass is 16.6. The van der Waals surface area contributed by atoms with Crippen LogP contribution in [-0.4, -0.2) is 37.5 Å². The van der Waals surface area contributed by atoms with Crippen molar-refractivity contribution in [1.82, 2.24) is 0 Å². The van der Waals surface area contributed by atoms with Gasteiger partial charge in [0.25, 0.3) is 0 Å². The molecule has 0 aliphatic carbocycles. The van der Waals surface area contributed by atoms with Crippen molar-refractivity contribution in [2.24, 2.45) is 0 Å². The van der Waals surface area contributed by atoms with E-state index in [9.17, 15) is 4.79 Å². The molecule has 1 aromatic rings. The van der Waals surface area contributed by atoms with Crippen LogP contribution in [0.3, 0.4) is 0 Å². The van der Waals surface area contributed by atoms with Gasteiger partial charge in [-0.1, -0.05) is 12.1 Å². The van der Waals surface area contributed by atoms with Gasteiger partial charge in [-0.05, 0) is 12.1 Å². The summed E-state index contributed by atoms with van der Waals surface area (Å²) in [6.07, 6.45) is 0. The number of para-hydroxylation sites is 2. The molecule has 17 heavy (non-hydrogen) atoms. The fraction of sp³-hybridized carbons (Fsp3) is 0.417. The topological polar surface area (TPSA) is 65.0 Å². The van der Waals surface area contributed by atoms with E-state index >= 15 is 0 Å². The molecule has 1 rings (SSSR count). The molecule has 0 aromatic heterocycles. The first-order valence-corrected chi connectivity index (χ1v) is 5.33. The monoisotopic (exact) mass is 240 g/mol. The summed E-state index contributed by atoms with van der Waals surface area (Å²) < 4.78 is 15.4. The maximum Gasteiger partial charge on any atom is 0.308 e. The van der Waals surface area contributed by atoms with E-state index in [-0.39, 0.29) is 13.2 Å². The van der Waals surface area contributed by atoms with Crippen molar-refractivity contribution in [2.75, 3.05) is 26.4 Å². The van der Waals surface area contributed by atoms with E-state index in [0.29, 0.717) is 24.7 Å². The fourth-order valence-corrected chi connectivity index (χ4v) is 1.19. The van der Waals surface area contributed by atoms with Gasteiger partial charge in [-0.25, -0.2) is 0 Å². The highest BCUT2D eigenvalue weighted by molar-refractivity contribution is 5.70. The normalized spacial score (nSPS) is 10.0. The quantitative estimate of drug-likeness (QED) is 0.437. The van der Waals surface area contributed by atoms with Crippen molar-refractivity contribution in [1.29, 1.82) is 0 Å². The molecular formula is C12H16O5. The smallest absolute Gasteiger partial charge is 0.308 e. The lowest BCUT2D eigenvalue weighted by Gasteiger charge is -2.10. The predicted octanol–water partition coefficient (Wildman–Crippen LogP) is 1.000. The minimum absolute atomic E-state index is 0.00989. The fourth-order valence-electron chi connectivity index (χ4n) is 1.19. The Morgan fingerprint density at radius 1 is 1.18 bits per heavy atom. The molecule has 0 spiro atoms.